The van der Waals surface area contributed by atoms with Gasteiger partial charge in [0.15, 0.2) is 0 Å². The van der Waals surface area contributed by atoms with Crippen molar-refractivity contribution in [1.82, 2.24) is 0 Å². The highest BCUT2D eigenvalue weighted by Crippen LogP contribution is 2.34. The molecule has 1 nitrogen and oxygen atoms in total. The van der Waals surface area contributed by atoms with E-state index in [0.717, 1.165) is 11.1 Å². The Morgan fingerprint density at radius 1 is 0.464 bits per heavy atom. The Hall–Kier alpha value is -3.32. The monoisotopic (exact) mass is 364 g/mol. The van der Waals surface area contributed by atoms with E-state index in [1.807, 2.05) is 12.1 Å². The standard InChI is InChI=1S/C27H24O/c1-18-4-8-21(9-5-18)23-10-6-19(2)26(16-23)27-17-24(11-7-20(27)3)22-12-14-25(28)15-13-22/h4-17,28H,1-3H3. The van der Waals surface area contributed by atoms with Crippen LogP contribution in [-0.2, 0) is 0 Å². The third kappa shape index (κ3) is 3.57. The van der Waals surface area contributed by atoms with Crippen molar-refractivity contribution >= 4 is 0 Å². The molecule has 0 atom stereocenters. The molecular weight excluding hydrogens is 340 g/mol. The fraction of sp³-hybridized carbons (Fsp3) is 0.111. The largest absolute Gasteiger partial charge is 0.508 e. The maximum atomic E-state index is 9.57. The summed E-state index contributed by atoms with van der Waals surface area (Å²) in [6, 6.07) is 29.3. The normalized spacial score (nSPS) is 10.8. The van der Waals surface area contributed by atoms with Crippen LogP contribution < -0.4 is 0 Å². The summed E-state index contributed by atoms with van der Waals surface area (Å²) in [5.74, 6) is 0.290. The molecule has 0 amide bonds. The molecular formula is C27H24O. The zero-order valence-corrected chi connectivity index (χ0v) is 16.5. The van der Waals surface area contributed by atoms with Gasteiger partial charge in [0.2, 0.25) is 0 Å². The van der Waals surface area contributed by atoms with Gasteiger partial charge in [-0.05, 0) is 89.5 Å². The van der Waals surface area contributed by atoms with E-state index in [1.54, 1.807) is 12.1 Å². The zero-order chi connectivity index (χ0) is 19.7. The predicted molar refractivity (Wildman–Crippen MR) is 119 cm³/mol. The summed E-state index contributed by atoms with van der Waals surface area (Å²) >= 11 is 0. The van der Waals surface area contributed by atoms with Gasteiger partial charge in [-0.15, -0.1) is 0 Å². The van der Waals surface area contributed by atoms with Crippen molar-refractivity contribution in [2.75, 3.05) is 0 Å². The van der Waals surface area contributed by atoms with Crippen LogP contribution in [0.4, 0.5) is 0 Å². The van der Waals surface area contributed by atoms with E-state index in [0.29, 0.717) is 0 Å². The van der Waals surface area contributed by atoms with Gasteiger partial charge < -0.3 is 5.11 Å². The molecule has 1 N–H and O–H groups in total. The Morgan fingerprint density at radius 2 is 0.857 bits per heavy atom. The van der Waals surface area contributed by atoms with Crippen molar-refractivity contribution in [2.24, 2.45) is 0 Å². The molecule has 0 aliphatic heterocycles. The Labute approximate surface area is 166 Å². The van der Waals surface area contributed by atoms with E-state index < -0.39 is 0 Å². The van der Waals surface area contributed by atoms with Crippen LogP contribution >= 0.6 is 0 Å². The molecule has 0 aliphatic carbocycles. The number of phenols is 1. The quantitative estimate of drug-likeness (QED) is 0.404. The van der Waals surface area contributed by atoms with Gasteiger partial charge in [0, 0.05) is 0 Å². The summed E-state index contributed by atoms with van der Waals surface area (Å²) < 4.78 is 0. The number of hydrogen-bond acceptors (Lipinski definition) is 1. The third-order valence-corrected chi connectivity index (χ3v) is 5.35. The number of aryl methyl sites for hydroxylation is 3. The molecule has 0 saturated heterocycles. The first kappa shape index (κ1) is 18.1. The maximum absolute atomic E-state index is 9.57. The first-order chi connectivity index (χ1) is 13.5. The van der Waals surface area contributed by atoms with Crippen molar-refractivity contribution in [2.45, 2.75) is 20.8 Å². The second-order valence-electron chi connectivity index (χ2n) is 7.47. The topological polar surface area (TPSA) is 20.2 Å². The lowest BCUT2D eigenvalue weighted by molar-refractivity contribution is 0.475. The van der Waals surface area contributed by atoms with Crippen molar-refractivity contribution in [1.29, 1.82) is 0 Å². The summed E-state index contributed by atoms with van der Waals surface area (Å²) in [4.78, 5) is 0. The van der Waals surface area contributed by atoms with Crippen molar-refractivity contribution in [3.05, 3.63) is 102 Å². The van der Waals surface area contributed by atoms with Gasteiger partial charge in [0.25, 0.3) is 0 Å². The van der Waals surface area contributed by atoms with E-state index >= 15 is 0 Å². The molecule has 1 heteroatoms. The smallest absolute Gasteiger partial charge is 0.115 e. The lowest BCUT2D eigenvalue weighted by Gasteiger charge is -2.14. The third-order valence-electron chi connectivity index (χ3n) is 5.35. The Balaban J connectivity index is 1.82. The van der Waals surface area contributed by atoms with Crippen molar-refractivity contribution < 1.29 is 5.11 Å². The maximum Gasteiger partial charge on any atom is 0.115 e. The highest BCUT2D eigenvalue weighted by atomic mass is 16.3. The minimum atomic E-state index is 0.290. The number of benzene rings is 4. The molecule has 0 aromatic heterocycles. The average molecular weight is 364 g/mol. The molecule has 0 spiro atoms. The van der Waals surface area contributed by atoms with E-state index in [4.69, 9.17) is 0 Å². The molecule has 0 unspecified atom stereocenters. The van der Waals surface area contributed by atoms with Gasteiger partial charge in [-0.1, -0.05) is 66.2 Å². The van der Waals surface area contributed by atoms with E-state index in [-0.39, 0.29) is 5.75 Å². The highest BCUT2D eigenvalue weighted by Gasteiger charge is 2.10. The van der Waals surface area contributed by atoms with Crippen LogP contribution in [0.15, 0.2) is 84.9 Å². The van der Waals surface area contributed by atoms with E-state index in [1.165, 1.54) is 38.9 Å². The van der Waals surface area contributed by atoms with Crippen LogP contribution in [0.5, 0.6) is 5.75 Å². The predicted octanol–water partition coefficient (Wildman–Crippen LogP) is 7.32. The second kappa shape index (κ2) is 7.36. The lowest BCUT2D eigenvalue weighted by Crippen LogP contribution is -1.90. The van der Waals surface area contributed by atoms with Crippen LogP contribution in [0.25, 0.3) is 33.4 Å². The van der Waals surface area contributed by atoms with Gasteiger partial charge in [-0.25, -0.2) is 0 Å². The van der Waals surface area contributed by atoms with Gasteiger partial charge in [-0.2, -0.15) is 0 Å². The van der Waals surface area contributed by atoms with Crippen LogP contribution in [0, 0.1) is 20.8 Å². The average Bonchev–Trinajstić information content (AvgIpc) is 2.70. The molecule has 0 saturated carbocycles. The fourth-order valence-electron chi connectivity index (χ4n) is 3.58. The van der Waals surface area contributed by atoms with Gasteiger partial charge in [0.05, 0.1) is 0 Å². The van der Waals surface area contributed by atoms with E-state index in [9.17, 15) is 5.11 Å². The van der Waals surface area contributed by atoms with E-state index in [2.05, 4.69) is 81.4 Å². The zero-order valence-electron chi connectivity index (χ0n) is 16.5. The molecule has 0 aliphatic rings. The Bertz CT molecular complexity index is 1030. The molecule has 0 bridgehead atoms. The highest BCUT2D eigenvalue weighted by molar-refractivity contribution is 5.80. The summed E-state index contributed by atoms with van der Waals surface area (Å²) in [5.41, 5.74) is 11.0. The first-order valence-corrected chi connectivity index (χ1v) is 9.59. The molecule has 4 aromatic rings. The van der Waals surface area contributed by atoms with Crippen molar-refractivity contribution in [3.8, 4) is 39.1 Å². The molecule has 0 fully saturated rings. The van der Waals surface area contributed by atoms with Crippen LogP contribution in [0.2, 0.25) is 0 Å². The number of phenolic OH excluding ortho intramolecular Hbond substituents is 1. The van der Waals surface area contributed by atoms with Crippen LogP contribution in [0.1, 0.15) is 16.7 Å². The van der Waals surface area contributed by atoms with Crippen molar-refractivity contribution in [3.63, 3.8) is 0 Å². The number of rotatable bonds is 3. The van der Waals surface area contributed by atoms with Gasteiger partial charge >= 0.3 is 0 Å². The Kier molecular flexibility index (Phi) is 4.75. The summed E-state index contributed by atoms with van der Waals surface area (Å²) in [6.45, 7) is 6.44. The number of hydrogen-bond donors (Lipinski definition) is 1. The van der Waals surface area contributed by atoms with Crippen LogP contribution in [-0.4, -0.2) is 5.11 Å². The summed E-state index contributed by atoms with van der Waals surface area (Å²) in [5, 5.41) is 9.57. The molecule has 4 rings (SSSR count). The molecule has 0 heterocycles. The molecule has 138 valence electrons. The summed E-state index contributed by atoms with van der Waals surface area (Å²) in [7, 11) is 0. The second-order valence-corrected chi connectivity index (χ2v) is 7.47. The fourth-order valence-corrected chi connectivity index (χ4v) is 3.58. The SMILES string of the molecule is Cc1ccc(-c2ccc(C)c(-c3cc(-c4ccc(O)cc4)ccc3C)c2)cc1. The molecule has 0 radical (unpaired) electrons. The van der Waals surface area contributed by atoms with Gasteiger partial charge in [0.1, 0.15) is 5.75 Å². The minimum absolute atomic E-state index is 0.290. The molecule has 28 heavy (non-hydrogen) atoms. The first-order valence-electron chi connectivity index (χ1n) is 9.59. The molecule has 4 aromatic carbocycles. The summed E-state index contributed by atoms with van der Waals surface area (Å²) in [6.07, 6.45) is 0. The lowest BCUT2D eigenvalue weighted by atomic mass is 9.90. The Morgan fingerprint density at radius 3 is 1.32 bits per heavy atom. The number of aromatic hydroxyl groups is 1. The minimum Gasteiger partial charge on any atom is -0.508 e. The van der Waals surface area contributed by atoms with Crippen LogP contribution in [0.3, 0.4) is 0 Å². The van der Waals surface area contributed by atoms with Gasteiger partial charge in [-0.3, -0.25) is 0 Å².